The van der Waals surface area contributed by atoms with Crippen molar-refractivity contribution in [1.82, 2.24) is 10.5 Å². The molecule has 1 heterocycles. The molecule has 0 aliphatic heterocycles. The highest BCUT2D eigenvalue weighted by Crippen LogP contribution is 2.34. The molecule has 1 aliphatic rings. The van der Waals surface area contributed by atoms with E-state index in [0.717, 1.165) is 31.4 Å². The number of benzene rings is 2. The van der Waals surface area contributed by atoms with Gasteiger partial charge in [0.25, 0.3) is 5.91 Å². The lowest BCUT2D eigenvalue weighted by molar-refractivity contribution is 0.0920. The predicted molar refractivity (Wildman–Crippen MR) is 122 cm³/mol. The molecule has 2 unspecified atom stereocenters. The van der Waals surface area contributed by atoms with Crippen LogP contribution in [0.1, 0.15) is 41.8 Å². The SMILES string of the molecule is Cc1onc(-c2c(F)cccc2Cl)c1C(=O)NC1CCCC(CSc2ccccc2)C1. The predicted octanol–water partition coefficient (Wildman–Crippen LogP) is 6.52. The minimum Gasteiger partial charge on any atom is -0.360 e. The number of carbonyl (C=O) groups is 1. The first-order chi connectivity index (χ1) is 15.0. The van der Waals surface area contributed by atoms with Gasteiger partial charge in [-0.1, -0.05) is 47.4 Å². The van der Waals surface area contributed by atoms with Crippen LogP contribution in [-0.2, 0) is 0 Å². The molecular formula is C24H24ClFN2O2S. The molecule has 1 saturated carbocycles. The highest BCUT2D eigenvalue weighted by atomic mass is 35.5. The van der Waals surface area contributed by atoms with E-state index in [2.05, 4.69) is 22.6 Å². The van der Waals surface area contributed by atoms with Gasteiger partial charge in [0, 0.05) is 16.7 Å². The Labute approximate surface area is 190 Å². The molecule has 1 aliphatic carbocycles. The zero-order valence-corrected chi connectivity index (χ0v) is 18.8. The molecule has 1 N–H and O–H groups in total. The summed E-state index contributed by atoms with van der Waals surface area (Å²) in [5.41, 5.74) is 0.477. The van der Waals surface area contributed by atoms with Gasteiger partial charge in [-0.3, -0.25) is 4.79 Å². The number of hydrogen-bond donors (Lipinski definition) is 1. The summed E-state index contributed by atoms with van der Waals surface area (Å²) in [7, 11) is 0. The standard InChI is InChI=1S/C24H24ClFN2O2S/c1-15-21(23(28-30-15)22-19(25)11-6-12-20(22)26)24(29)27-17-8-5-7-16(13-17)14-31-18-9-3-2-4-10-18/h2-4,6,9-12,16-17H,5,7-8,13-14H2,1H3,(H,27,29). The molecule has 0 bridgehead atoms. The Bertz CT molecular complexity index is 1040. The summed E-state index contributed by atoms with van der Waals surface area (Å²) in [5, 5.41) is 7.25. The largest absolute Gasteiger partial charge is 0.360 e. The molecule has 31 heavy (non-hydrogen) atoms. The van der Waals surface area contributed by atoms with Gasteiger partial charge in [0.15, 0.2) is 0 Å². The van der Waals surface area contributed by atoms with Crippen LogP contribution in [-0.4, -0.2) is 22.9 Å². The lowest BCUT2D eigenvalue weighted by Crippen LogP contribution is -2.39. The summed E-state index contributed by atoms with van der Waals surface area (Å²) >= 11 is 8.05. The van der Waals surface area contributed by atoms with Crippen molar-refractivity contribution >= 4 is 29.3 Å². The number of halogens is 2. The van der Waals surface area contributed by atoms with Crippen molar-refractivity contribution in [3.05, 3.63) is 70.7 Å². The molecule has 0 saturated heterocycles. The van der Waals surface area contributed by atoms with Crippen LogP contribution in [0.2, 0.25) is 5.02 Å². The zero-order chi connectivity index (χ0) is 21.8. The quantitative estimate of drug-likeness (QED) is 0.427. The van der Waals surface area contributed by atoms with Crippen molar-refractivity contribution in [3.8, 4) is 11.3 Å². The maximum absolute atomic E-state index is 14.4. The van der Waals surface area contributed by atoms with E-state index in [-0.39, 0.29) is 33.8 Å². The van der Waals surface area contributed by atoms with Crippen LogP contribution in [0.25, 0.3) is 11.3 Å². The smallest absolute Gasteiger partial charge is 0.257 e. The van der Waals surface area contributed by atoms with E-state index in [1.54, 1.807) is 13.0 Å². The van der Waals surface area contributed by atoms with E-state index < -0.39 is 5.82 Å². The van der Waals surface area contributed by atoms with Crippen LogP contribution >= 0.6 is 23.4 Å². The fourth-order valence-electron chi connectivity index (χ4n) is 4.10. The van der Waals surface area contributed by atoms with Gasteiger partial charge < -0.3 is 9.84 Å². The average Bonchev–Trinajstić information content (AvgIpc) is 3.14. The fraction of sp³-hybridized carbons (Fsp3) is 0.333. The van der Waals surface area contributed by atoms with Crippen molar-refractivity contribution in [3.63, 3.8) is 0 Å². The second kappa shape index (κ2) is 9.88. The highest BCUT2D eigenvalue weighted by Gasteiger charge is 2.29. The molecule has 7 heteroatoms. The van der Waals surface area contributed by atoms with Crippen LogP contribution in [0.5, 0.6) is 0 Å². The third kappa shape index (κ3) is 5.13. The molecule has 162 valence electrons. The third-order valence-electron chi connectivity index (χ3n) is 5.64. The number of rotatable bonds is 6. The van der Waals surface area contributed by atoms with E-state index in [1.807, 2.05) is 30.0 Å². The second-order valence-corrected chi connectivity index (χ2v) is 9.39. The number of amides is 1. The first-order valence-corrected chi connectivity index (χ1v) is 11.8. The Balaban J connectivity index is 1.44. The summed E-state index contributed by atoms with van der Waals surface area (Å²) in [5.74, 6) is 1.07. The Kier molecular flexibility index (Phi) is 6.98. The molecule has 2 aromatic carbocycles. The Hall–Kier alpha value is -2.31. The first kappa shape index (κ1) is 21.9. The lowest BCUT2D eigenvalue weighted by atomic mass is 9.86. The number of carbonyl (C=O) groups excluding carboxylic acids is 1. The van der Waals surface area contributed by atoms with Crippen LogP contribution < -0.4 is 5.32 Å². The molecule has 0 spiro atoms. The molecule has 3 aromatic rings. The van der Waals surface area contributed by atoms with Crippen molar-refractivity contribution in [2.45, 2.75) is 43.5 Å². The summed E-state index contributed by atoms with van der Waals surface area (Å²) < 4.78 is 19.7. The number of nitrogens with zero attached hydrogens (tertiary/aromatic N) is 1. The van der Waals surface area contributed by atoms with Crippen LogP contribution in [0.3, 0.4) is 0 Å². The molecular weight excluding hydrogens is 435 g/mol. The van der Waals surface area contributed by atoms with Gasteiger partial charge in [-0.25, -0.2) is 4.39 Å². The van der Waals surface area contributed by atoms with E-state index in [1.165, 1.54) is 17.0 Å². The molecule has 2 atom stereocenters. The van der Waals surface area contributed by atoms with Crippen molar-refractivity contribution in [2.24, 2.45) is 5.92 Å². The number of thioether (sulfide) groups is 1. The maximum Gasteiger partial charge on any atom is 0.257 e. The topological polar surface area (TPSA) is 55.1 Å². The first-order valence-electron chi connectivity index (χ1n) is 10.4. The van der Waals surface area contributed by atoms with E-state index in [9.17, 15) is 9.18 Å². The molecule has 4 nitrogen and oxygen atoms in total. The van der Waals surface area contributed by atoms with Gasteiger partial charge in [0.05, 0.1) is 10.6 Å². The molecule has 1 fully saturated rings. The van der Waals surface area contributed by atoms with Gasteiger partial charge in [-0.05, 0) is 56.4 Å². The van der Waals surface area contributed by atoms with Crippen molar-refractivity contribution < 1.29 is 13.7 Å². The van der Waals surface area contributed by atoms with E-state index >= 15 is 0 Å². The fourth-order valence-corrected chi connectivity index (χ4v) is 5.43. The van der Waals surface area contributed by atoms with E-state index in [4.69, 9.17) is 16.1 Å². The lowest BCUT2D eigenvalue weighted by Gasteiger charge is -2.29. The van der Waals surface area contributed by atoms with Crippen LogP contribution in [0, 0.1) is 18.7 Å². The van der Waals surface area contributed by atoms with Crippen molar-refractivity contribution in [2.75, 3.05) is 5.75 Å². The van der Waals surface area contributed by atoms with Gasteiger partial charge in [0.2, 0.25) is 0 Å². The summed E-state index contributed by atoms with van der Waals surface area (Å²) in [6.45, 7) is 1.65. The normalized spacial score (nSPS) is 18.7. The van der Waals surface area contributed by atoms with Gasteiger partial charge in [-0.15, -0.1) is 11.8 Å². The number of nitrogens with one attached hydrogen (secondary N) is 1. The zero-order valence-electron chi connectivity index (χ0n) is 17.2. The molecule has 4 rings (SSSR count). The summed E-state index contributed by atoms with van der Waals surface area (Å²) in [4.78, 5) is 14.4. The Morgan fingerprint density at radius 1 is 1.23 bits per heavy atom. The molecule has 0 radical (unpaired) electrons. The maximum atomic E-state index is 14.4. The molecule has 1 aromatic heterocycles. The summed E-state index contributed by atoms with van der Waals surface area (Å²) in [6.07, 6.45) is 4.08. The van der Waals surface area contributed by atoms with Gasteiger partial charge in [0.1, 0.15) is 22.8 Å². The average molecular weight is 459 g/mol. The summed E-state index contributed by atoms with van der Waals surface area (Å²) in [6, 6.07) is 14.8. The highest BCUT2D eigenvalue weighted by molar-refractivity contribution is 7.99. The Morgan fingerprint density at radius 3 is 2.81 bits per heavy atom. The number of aryl methyl sites for hydroxylation is 1. The number of aromatic nitrogens is 1. The minimum absolute atomic E-state index is 0.0702. The monoisotopic (exact) mass is 458 g/mol. The molecule has 1 amide bonds. The second-order valence-electron chi connectivity index (χ2n) is 7.89. The van der Waals surface area contributed by atoms with Crippen molar-refractivity contribution in [1.29, 1.82) is 0 Å². The van der Waals surface area contributed by atoms with Gasteiger partial charge in [-0.2, -0.15) is 0 Å². The van der Waals surface area contributed by atoms with Gasteiger partial charge >= 0.3 is 0 Å². The van der Waals surface area contributed by atoms with E-state index in [0.29, 0.717) is 11.7 Å². The van der Waals surface area contributed by atoms with Crippen LogP contribution in [0.15, 0.2) is 57.9 Å². The van der Waals surface area contributed by atoms with Crippen LogP contribution in [0.4, 0.5) is 4.39 Å². The Morgan fingerprint density at radius 2 is 2.03 bits per heavy atom. The minimum atomic E-state index is -0.537. The number of hydrogen-bond acceptors (Lipinski definition) is 4. The third-order valence-corrected chi connectivity index (χ3v) is 7.19.